The number of ether oxygens (including phenoxy) is 2. The maximum absolute atomic E-state index is 13.6. The van der Waals surface area contributed by atoms with Crippen molar-refractivity contribution in [3.63, 3.8) is 0 Å². The Bertz CT molecular complexity index is 1490. The van der Waals surface area contributed by atoms with Crippen molar-refractivity contribution < 1.29 is 19.1 Å². The maximum Gasteiger partial charge on any atom is 0.338 e. The summed E-state index contributed by atoms with van der Waals surface area (Å²) >= 11 is 1.25. The van der Waals surface area contributed by atoms with Crippen LogP contribution >= 0.6 is 11.3 Å². The van der Waals surface area contributed by atoms with Crippen LogP contribution in [0.4, 0.5) is 0 Å². The molecule has 35 heavy (non-hydrogen) atoms. The van der Waals surface area contributed by atoms with E-state index in [1.165, 1.54) is 25.6 Å². The van der Waals surface area contributed by atoms with Gasteiger partial charge in [-0.25, -0.2) is 14.6 Å². The first-order valence-electron chi connectivity index (χ1n) is 11.1. The van der Waals surface area contributed by atoms with E-state index in [0.717, 1.165) is 16.7 Å². The number of thiazole rings is 1. The number of carbonyl (C=O) groups is 2. The van der Waals surface area contributed by atoms with Crippen molar-refractivity contribution in [3.05, 3.63) is 102 Å². The van der Waals surface area contributed by atoms with Crippen LogP contribution in [0.1, 0.15) is 59.8 Å². The Hall–Kier alpha value is -3.78. The molecular formula is C27H26N2O5S. The highest BCUT2D eigenvalue weighted by Gasteiger charge is 2.33. The van der Waals surface area contributed by atoms with Crippen molar-refractivity contribution in [2.45, 2.75) is 32.7 Å². The quantitative estimate of drug-likeness (QED) is 0.512. The maximum atomic E-state index is 13.6. The Kier molecular flexibility index (Phi) is 6.84. The Balaban J connectivity index is 1.87. The second kappa shape index (κ2) is 9.84. The summed E-state index contributed by atoms with van der Waals surface area (Å²) in [6, 6.07) is 14.1. The van der Waals surface area contributed by atoms with Crippen LogP contribution in [0, 0.1) is 0 Å². The van der Waals surface area contributed by atoms with Gasteiger partial charge in [0.15, 0.2) is 4.80 Å². The molecule has 0 radical (unpaired) electrons. The molecule has 0 saturated carbocycles. The number of nitrogens with zero attached hydrogens (tertiary/aromatic N) is 2. The molecule has 2 heterocycles. The monoisotopic (exact) mass is 490 g/mol. The molecule has 3 aromatic rings. The third-order valence-corrected chi connectivity index (χ3v) is 6.96. The standard InChI is InChI=1S/C27H26N2O5S/c1-15(2)18-10-12-19(13-11-18)23-22(26(32)34-5)16(3)28-27-29(23)24(30)21(35-27)14-17-6-8-20(9-7-17)25(31)33-4/h6-15,23H,1-5H3/b21-14+/t23-/m1/s1. The molecule has 0 N–H and O–H groups in total. The minimum absolute atomic E-state index is 0.252. The molecule has 0 unspecified atom stereocenters. The Labute approximate surface area is 206 Å². The van der Waals surface area contributed by atoms with Crippen molar-refractivity contribution in [1.82, 2.24) is 4.57 Å². The second-order valence-electron chi connectivity index (χ2n) is 8.51. The summed E-state index contributed by atoms with van der Waals surface area (Å²) in [5.74, 6) is -0.587. The van der Waals surface area contributed by atoms with Gasteiger partial charge in [-0.15, -0.1) is 0 Å². The van der Waals surface area contributed by atoms with Crippen LogP contribution in [0.3, 0.4) is 0 Å². The average Bonchev–Trinajstić information content (AvgIpc) is 3.16. The van der Waals surface area contributed by atoms with Gasteiger partial charge in [0, 0.05) is 0 Å². The average molecular weight is 491 g/mol. The minimum Gasteiger partial charge on any atom is -0.466 e. The summed E-state index contributed by atoms with van der Waals surface area (Å²) in [6.45, 7) is 5.98. The molecule has 0 saturated heterocycles. The molecular weight excluding hydrogens is 464 g/mol. The number of hydrogen-bond acceptors (Lipinski definition) is 7. The molecule has 1 aliphatic rings. The predicted molar refractivity (Wildman–Crippen MR) is 134 cm³/mol. The van der Waals surface area contributed by atoms with Gasteiger partial charge in [-0.1, -0.05) is 61.6 Å². The number of benzene rings is 2. The number of hydrogen-bond donors (Lipinski definition) is 0. The molecule has 1 aromatic heterocycles. The first kappa shape index (κ1) is 24.3. The van der Waals surface area contributed by atoms with E-state index >= 15 is 0 Å². The lowest BCUT2D eigenvalue weighted by Crippen LogP contribution is -2.39. The van der Waals surface area contributed by atoms with Crippen LogP contribution in [0.2, 0.25) is 0 Å². The molecule has 0 amide bonds. The fourth-order valence-electron chi connectivity index (χ4n) is 4.06. The van der Waals surface area contributed by atoms with Crippen molar-refractivity contribution >= 4 is 29.4 Å². The van der Waals surface area contributed by atoms with E-state index in [-0.39, 0.29) is 5.56 Å². The van der Waals surface area contributed by atoms with Crippen LogP contribution < -0.4 is 14.9 Å². The van der Waals surface area contributed by atoms with Crippen LogP contribution in [0.25, 0.3) is 6.08 Å². The van der Waals surface area contributed by atoms with Crippen molar-refractivity contribution in [2.24, 2.45) is 4.99 Å². The summed E-state index contributed by atoms with van der Waals surface area (Å²) in [6.07, 6.45) is 1.75. The van der Waals surface area contributed by atoms with E-state index in [0.29, 0.717) is 32.1 Å². The van der Waals surface area contributed by atoms with Gasteiger partial charge in [0.1, 0.15) is 0 Å². The normalized spacial score (nSPS) is 15.6. The highest BCUT2D eigenvalue weighted by Crippen LogP contribution is 2.31. The minimum atomic E-state index is -0.649. The molecule has 1 aliphatic heterocycles. The number of aromatic nitrogens is 1. The van der Waals surface area contributed by atoms with E-state index in [1.807, 2.05) is 24.3 Å². The zero-order chi connectivity index (χ0) is 25.3. The van der Waals surface area contributed by atoms with Crippen molar-refractivity contribution in [1.29, 1.82) is 0 Å². The van der Waals surface area contributed by atoms with Crippen LogP contribution in [0.5, 0.6) is 0 Å². The Morgan fingerprint density at radius 2 is 1.63 bits per heavy atom. The molecule has 8 heteroatoms. The topological polar surface area (TPSA) is 87.0 Å². The SMILES string of the molecule is COC(=O)C1=C(C)N=c2s/c(=C/c3ccc(C(=O)OC)cc3)c(=O)n2[C@@H]1c1ccc(C(C)C)cc1. The van der Waals surface area contributed by atoms with Gasteiger partial charge in [-0.3, -0.25) is 9.36 Å². The summed E-state index contributed by atoms with van der Waals surface area (Å²) in [5.41, 5.74) is 3.75. The predicted octanol–water partition coefficient (Wildman–Crippen LogP) is 3.32. The van der Waals surface area contributed by atoms with Gasteiger partial charge >= 0.3 is 11.9 Å². The summed E-state index contributed by atoms with van der Waals surface area (Å²) in [5, 5.41) is 0. The number of esters is 2. The summed E-state index contributed by atoms with van der Waals surface area (Å²) in [4.78, 5) is 43.1. The Morgan fingerprint density at radius 1 is 1.00 bits per heavy atom. The second-order valence-corrected chi connectivity index (χ2v) is 9.52. The molecule has 4 rings (SSSR count). The summed E-state index contributed by atoms with van der Waals surface area (Å²) < 4.78 is 11.8. The third-order valence-electron chi connectivity index (χ3n) is 5.98. The van der Waals surface area contributed by atoms with E-state index in [4.69, 9.17) is 9.47 Å². The summed E-state index contributed by atoms with van der Waals surface area (Å²) in [7, 11) is 2.65. The zero-order valence-electron chi connectivity index (χ0n) is 20.2. The van der Waals surface area contributed by atoms with Gasteiger partial charge in [0.2, 0.25) is 0 Å². The molecule has 2 aromatic carbocycles. The fourth-order valence-corrected chi connectivity index (χ4v) is 5.10. The Morgan fingerprint density at radius 3 is 2.20 bits per heavy atom. The van der Waals surface area contributed by atoms with Crippen LogP contribution in [-0.4, -0.2) is 30.7 Å². The van der Waals surface area contributed by atoms with E-state index < -0.39 is 18.0 Å². The van der Waals surface area contributed by atoms with Gasteiger partial charge < -0.3 is 9.47 Å². The zero-order valence-corrected chi connectivity index (χ0v) is 21.0. The van der Waals surface area contributed by atoms with Gasteiger partial charge in [0.25, 0.3) is 5.56 Å². The third kappa shape index (κ3) is 4.61. The number of methoxy groups -OCH3 is 2. The lowest BCUT2D eigenvalue weighted by molar-refractivity contribution is -0.136. The van der Waals surface area contributed by atoms with Crippen molar-refractivity contribution in [3.8, 4) is 0 Å². The molecule has 0 fully saturated rings. The highest BCUT2D eigenvalue weighted by atomic mass is 32.1. The van der Waals surface area contributed by atoms with E-state index in [9.17, 15) is 14.4 Å². The molecule has 0 aliphatic carbocycles. The van der Waals surface area contributed by atoms with Crippen molar-refractivity contribution in [2.75, 3.05) is 14.2 Å². The molecule has 180 valence electrons. The first-order chi connectivity index (χ1) is 16.7. The van der Waals surface area contributed by atoms with E-state index in [2.05, 4.69) is 18.8 Å². The lowest BCUT2D eigenvalue weighted by Gasteiger charge is -2.24. The van der Waals surface area contributed by atoms with Crippen LogP contribution in [-0.2, 0) is 14.3 Å². The van der Waals surface area contributed by atoms with E-state index in [1.54, 1.807) is 41.8 Å². The number of rotatable bonds is 5. The molecule has 1 atom stereocenters. The molecule has 0 spiro atoms. The van der Waals surface area contributed by atoms with Gasteiger partial charge in [-0.2, -0.15) is 0 Å². The highest BCUT2D eigenvalue weighted by molar-refractivity contribution is 7.07. The number of allylic oxidation sites excluding steroid dienone is 1. The molecule has 0 bridgehead atoms. The smallest absolute Gasteiger partial charge is 0.338 e. The van der Waals surface area contributed by atoms with Gasteiger partial charge in [0.05, 0.1) is 41.6 Å². The fraction of sp³-hybridized carbons (Fsp3) is 0.259. The number of fused-ring (bicyclic) bond motifs is 1. The largest absolute Gasteiger partial charge is 0.466 e. The van der Waals surface area contributed by atoms with Crippen LogP contribution in [0.15, 0.2) is 69.6 Å². The molecule has 7 nitrogen and oxygen atoms in total. The lowest BCUT2D eigenvalue weighted by atomic mass is 9.93. The van der Waals surface area contributed by atoms with Gasteiger partial charge in [-0.05, 0) is 47.7 Å². The first-order valence-corrected chi connectivity index (χ1v) is 12.0. The number of carbonyl (C=O) groups excluding carboxylic acids is 2.